The maximum Gasteiger partial charge on any atom is 0.344 e. The number of alkyl halides is 2. The van der Waals surface area contributed by atoms with E-state index >= 15 is 0 Å². The highest BCUT2D eigenvalue weighted by Crippen LogP contribution is 2.47. The number of hydrogen-bond acceptors (Lipinski definition) is 6. The second-order valence-electron chi connectivity index (χ2n) is 8.49. The number of sulfonamides is 1. The Labute approximate surface area is 173 Å². The van der Waals surface area contributed by atoms with E-state index in [2.05, 4.69) is 16.5 Å². The lowest BCUT2D eigenvalue weighted by molar-refractivity contribution is -0.256. The fourth-order valence-corrected chi connectivity index (χ4v) is 6.46. The molecule has 2 saturated carbocycles. The molecule has 2 N–H and O–H groups in total. The molecule has 30 heavy (non-hydrogen) atoms. The smallest absolute Gasteiger partial charge is 0.344 e. The number of allylic oxidation sites excluding steroid dienone is 4. The van der Waals surface area contributed by atoms with Crippen molar-refractivity contribution in [1.29, 1.82) is 0 Å². The number of rotatable bonds is 3. The number of nitrogens with zero attached hydrogens (tertiary/aromatic N) is 2. The van der Waals surface area contributed by atoms with Gasteiger partial charge in [0.15, 0.2) is 11.5 Å². The fourth-order valence-electron chi connectivity index (χ4n) is 5.30. The summed E-state index contributed by atoms with van der Waals surface area (Å²) >= 11 is 0. The van der Waals surface area contributed by atoms with E-state index in [-0.39, 0.29) is 12.5 Å². The normalized spacial score (nSPS) is 34.3. The molecule has 0 aromatic rings. The topological polar surface area (TPSA) is 100 Å². The van der Waals surface area contributed by atoms with E-state index in [0.29, 0.717) is 10.9 Å². The molecule has 2 heterocycles. The minimum absolute atomic E-state index is 0.194. The van der Waals surface area contributed by atoms with Crippen molar-refractivity contribution < 1.29 is 26.7 Å². The number of carbonyl (C=O) groups excluding carboxylic acids is 1. The third-order valence-electron chi connectivity index (χ3n) is 6.67. The van der Waals surface area contributed by atoms with Crippen LogP contribution in [0, 0.1) is 11.8 Å². The van der Waals surface area contributed by atoms with Crippen LogP contribution < -0.4 is 10.0 Å². The molecule has 1 saturated heterocycles. The minimum atomic E-state index is -4.32. The zero-order valence-corrected chi connectivity index (χ0v) is 17.1. The van der Waals surface area contributed by atoms with E-state index in [1.807, 2.05) is 4.72 Å². The summed E-state index contributed by atoms with van der Waals surface area (Å²) in [4.78, 5) is 12.6. The first kappa shape index (κ1) is 19.9. The molecule has 0 aromatic carbocycles. The van der Waals surface area contributed by atoms with Gasteiger partial charge in [-0.15, -0.1) is 0 Å². The largest absolute Gasteiger partial charge is 0.354 e. The van der Waals surface area contributed by atoms with Gasteiger partial charge < -0.3 is 10.1 Å². The molecule has 3 fully saturated rings. The average Bonchev–Trinajstić information content (AvgIpc) is 3.39. The van der Waals surface area contributed by atoms with Crippen LogP contribution in [0.3, 0.4) is 0 Å². The van der Waals surface area contributed by atoms with Crippen LogP contribution in [0.5, 0.6) is 0 Å². The van der Waals surface area contributed by atoms with E-state index in [0.717, 1.165) is 56.0 Å². The minimum Gasteiger partial charge on any atom is -0.354 e. The van der Waals surface area contributed by atoms with Crippen molar-refractivity contribution in [2.75, 3.05) is 6.61 Å². The molecule has 0 bridgehead atoms. The zero-order chi connectivity index (χ0) is 21.1. The Morgan fingerprint density at radius 1 is 1.27 bits per heavy atom. The van der Waals surface area contributed by atoms with Crippen molar-refractivity contribution >= 4 is 22.3 Å². The van der Waals surface area contributed by atoms with Crippen molar-refractivity contribution in [2.24, 2.45) is 16.9 Å². The molecule has 5 aliphatic rings. The van der Waals surface area contributed by atoms with Gasteiger partial charge in [0, 0.05) is 17.8 Å². The van der Waals surface area contributed by atoms with Crippen LogP contribution in [0.1, 0.15) is 44.9 Å². The quantitative estimate of drug-likeness (QED) is 0.654. The van der Waals surface area contributed by atoms with Crippen LogP contribution in [0.25, 0.3) is 0 Å². The number of hydrazone groups is 1. The second kappa shape index (κ2) is 7.01. The lowest BCUT2D eigenvalue weighted by atomic mass is 9.82. The molecule has 2 aliphatic heterocycles. The average molecular weight is 442 g/mol. The van der Waals surface area contributed by atoms with E-state index < -0.39 is 40.0 Å². The number of amides is 2. The summed E-state index contributed by atoms with van der Waals surface area (Å²) in [5.74, 6) is 0.571. The molecule has 4 atom stereocenters. The first-order valence-electron chi connectivity index (χ1n) is 10.4. The lowest BCUT2D eigenvalue weighted by Gasteiger charge is -2.37. The second-order valence-corrected chi connectivity index (χ2v) is 10.3. The molecule has 11 heteroatoms. The highest BCUT2D eigenvalue weighted by Gasteiger charge is 2.54. The molecule has 5 rings (SSSR count). The maximum atomic E-state index is 14.0. The highest BCUT2D eigenvalue weighted by atomic mass is 32.2. The van der Waals surface area contributed by atoms with E-state index in [4.69, 9.17) is 4.74 Å². The van der Waals surface area contributed by atoms with Gasteiger partial charge in [-0.25, -0.2) is 22.9 Å². The number of halogens is 2. The van der Waals surface area contributed by atoms with Gasteiger partial charge in [0.05, 0.1) is 13.0 Å². The van der Waals surface area contributed by atoms with Gasteiger partial charge in [0.1, 0.15) is 0 Å². The van der Waals surface area contributed by atoms with Crippen LogP contribution in [0.2, 0.25) is 0 Å². The molecular weight excluding hydrogens is 418 g/mol. The number of urea groups is 1. The van der Waals surface area contributed by atoms with Crippen molar-refractivity contribution in [2.45, 2.75) is 62.5 Å². The Balaban J connectivity index is 1.32. The van der Waals surface area contributed by atoms with Gasteiger partial charge >= 0.3 is 12.1 Å². The van der Waals surface area contributed by atoms with Crippen molar-refractivity contribution in [3.05, 3.63) is 22.9 Å². The van der Waals surface area contributed by atoms with E-state index in [1.165, 1.54) is 5.57 Å². The van der Waals surface area contributed by atoms with Gasteiger partial charge in [-0.1, -0.05) is 12.5 Å². The third-order valence-corrected chi connectivity index (χ3v) is 8.21. The van der Waals surface area contributed by atoms with Crippen LogP contribution in [-0.4, -0.2) is 49.8 Å². The summed E-state index contributed by atoms with van der Waals surface area (Å²) < 4.78 is 60.7. The van der Waals surface area contributed by atoms with Gasteiger partial charge in [0.25, 0.3) is 0 Å². The first-order chi connectivity index (χ1) is 14.3. The maximum absolute atomic E-state index is 14.0. The summed E-state index contributed by atoms with van der Waals surface area (Å²) in [6, 6.07) is -4.16. The monoisotopic (exact) mass is 442 g/mol. The number of nitrogens with one attached hydrogen (secondary N) is 2. The Hall–Kier alpha value is -2.01. The third kappa shape index (κ3) is 3.22. The van der Waals surface area contributed by atoms with Gasteiger partial charge in [-0.3, -0.25) is 0 Å². The molecule has 0 radical (unpaired) electrons. The highest BCUT2D eigenvalue weighted by molar-refractivity contribution is 7.91. The van der Waals surface area contributed by atoms with Crippen LogP contribution in [-0.2, 0) is 14.8 Å². The molecule has 3 unspecified atom stereocenters. The lowest BCUT2D eigenvalue weighted by Crippen LogP contribution is -2.56. The van der Waals surface area contributed by atoms with E-state index in [9.17, 15) is 22.0 Å². The summed E-state index contributed by atoms with van der Waals surface area (Å²) in [7, 11) is -4.32. The molecule has 0 spiro atoms. The van der Waals surface area contributed by atoms with Crippen molar-refractivity contribution in [3.63, 3.8) is 0 Å². The summed E-state index contributed by atoms with van der Waals surface area (Å²) in [6.07, 6.45) is 7.14. The molecule has 8 nitrogen and oxygen atoms in total. The van der Waals surface area contributed by atoms with Crippen LogP contribution in [0.15, 0.2) is 28.0 Å². The Morgan fingerprint density at radius 2 is 2.10 bits per heavy atom. The van der Waals surface area contributed by atoms with Crippen LogP contribution >= 0.6 is 0 Å². The number of ether oxygens (including phenoxy) is 1. The van der Waals surface area contributed by atoms with Gasteiger partial charge in [-0.05, 0) is 49.2 Å². The Bertz CT molecular complexity index is 962. The zero-order valence-electron chi connectivity index (χ0n) is 16.3. The Kier molecular flexibility index (Phi) is 4.66. The molecule has 3 aliphatic carbocycles. The van der Waals surface area contributed by atoms with Crippen molar-refractivity contribution in [1.82, 2.24) is 15.0 Å². The number of carbonyl (C=O) groups is 1. The number of fused-ring (bicyclic) bond motifs is 3. The molecular formula is C19H24F2N4O4S. The van der Waals surface area contributed by atoms with Crippen molar-refractivity contribution in [3.8, 4) is 0 Å². The van der Waals surface area contributed by atoms with Crippen LogP contribution in [0.4, 0.5) is 13.6 Å². The predicted octanol–water partition coefficient (Wildman–Crippen LogP) is 2.42. The standard InChI is InChI=1S/C19H24F2N4O4S/c20-19(21)7-8-29-17-15(10-22-25(17)19)30(27,28)24-18(26)23-16-13-5-1-3-11(13)9-12-4-2-6-14(12)16/h9-11,13,15,17H,1-8H2,(H2,23,24,26)/t11?,13-,15?,17?/m1/s1. The fraction of sp³-hybridized carbons (Fsp3) is 0.684. The molecule has 164 valence electrons. The summed E-state index contributed by atoms with van der Waals surface area (Å²) in [5, 5.41) is 5.19. The number of hydrogen-bond donors (Lipinski definition) is 2. The molecule has 0 aromatic heterocycles. The van der Waals surface area contributed by atoms with Gasteiger partial charge in [-0.2, -0.15) is 13.9 Å². The summed E-state index contributed by atoms with van der Waals surface area (Å²) in [6.45, 7) is -0.288. The predicted molar refractivity (Wildman–Crippen MR) is 104 cm³/mol. The molecule has 2 amide bonds. The Morgan fingerprint density at radius 3 is 2.93 bits per heavy atom. The SMILES string of the molecule is O=C(NC1=C2CCCC2=CC2CCC[C@@H]12)NS(=O)(=O)C1C=NN2C1OCCC2(F)F. The van der Waals surface area contributed by atoms with E-state index in [1.54, 1.807) is 0 Å². The summed E-state index contributed by atoms with van der Waals surface area (Å²) in [5.41, 5.74) is 3.20. The van der Waals surface area contributed by atoms with Gasteiger partial charge in [0.2, 0.25) is 10.0 Å². The first-order valence-corrected chi connectivity index (χ1v) is 11.9.